The summed E-state index contributed by atoms with van der Waals surface area (Å²) in [4.78, 5) is 17.9. The molecule has 0 aliphatic rings. The van der Waals surface area contributed by atoms with Gasteiger partial charge in [0, 0.05) is 25.0 Å². The lowest BCUT2D eigenvalue weighted by Crippen LogP contribution is -2.33. The lowest BCUT2D eigenvalue weighted by atomic mass is 10.1. The molecule has 5 rings (SSSR count). The van der Waals surface area contributed by atoms with Crippen LogP contribution in [0.4, 0.5) is 5.69 Å². The monoisotopic (exact) mass is 568 g/mol. The quantitative estimate of drug-likeness (QED) is 0.111. The third-order valence-corrected chi connectivity index (χ3v) is 7.56. The maximum Gasteiger partial charge on any atom is 0.395 e. The predicted octanol–water partition coefficient (Wildman–Crippen LogP) is 6.12. The Morgan fingerprint density at radius 2 is 1.86 bits per heavy atom. The molecule has 0 spiro atoms. The van der Waals surface area contributed by atoms with E-state index < -0.39 is 6.10 Å². The summed E-state index contributed by atoms with van der Waals surface area (Å²) in [6.07, 6.45) is 11.0. The van der Waals surface area contributed by atoms with E-state index in [1.165, 1.54) is 17.5 Å². The Bertz CT molecular complexity index is 1600. The van der Waals surface area contributed by atoms with E-state index in [0.29, 0.717) is 6.42 Å². The Morgan fingerprint density at radius 3 is 2.60 bits per heavy atom. The van der Waals surface area contributed by atoms with Crippen LogP contribution in [0.25, 0.3) is 11.3 Å². The molecular formula is C33H42N7O2+. The molecule has 1 amide bonds. The summed E-state index contributed by atoms with van der Waals surface area (Å²) >= 11 is 0. The molecule has 0 aliphatic carbocycles. The van der Waals surface area contributed by atoms with Crippen molar-refractivity contribution in [1.82, 2.24) is 25.0 Å². The second-order valence-electron chi connectivity index (χ2n) is 11.1. The third-order valence-electron chi connectivity index (χ3n) is 7.56. The summed E-state index contributed by atoms with van der Waals surface area (Å²) in [5.74, 6) is 1.51. The number of unbranched alkanes of at least 4 members (excludes halogenated alkanes) is 3. The van der Waals surface area contributed by atoms with Gasteiger partial charge in [-0.15, -0.1) is 0 Å². The minimum atomic E-state index is -0.533. The number of aromatic amines is 2. The molecule has 1 unspecified atom stereocenters. The van der Waals surface area contributed by atoms with Crippen LogP contribution in [0.3, 0.4) is 0 Å². The molecule has 3 heterocycles. The van der Waals surface area contributed by atoms with Crippen LogP contribution in [0.1, 0.15) is 73.7 Å². The summed E-state index contributed by atoms with van der Waals surface area (Å²) in [7, 11) is 0. The maximum atomic E-state index is 13.3. The Labute approximate surface area is 247 Å². The first-order valence-corrected chi connectivity index (χ1v) is 15.0. The van der Waals surface area contributed by atoms with Gasteiger partial charge in [0.25, 0.3) is 11.7 Å². The van der Waals surface area contributed by atoms with Crippen LogP contribution in [-0.2, 0) is 17.6 Å². The molecule has 220 valence electrons. The summed E-state index contributed by atoms with van der Waals surface area (Å²) in [5, 5.41) is 14.2. The molecule has 3 N–H and O–H groups in total. The van der Waals surface area contributed by atoms with Crippen LogP contribution in [-0.4, -0.2) is 37.0 Å². The zero-order chi connectivity index (χ0) is 29.5. The van der Waals surface area contributed by atoms with E-state index in [9.17, 15) is 4.79 Å². The summed E-state index contributed by atoms with van der Waals surface area (Å²) in [5.41, 5.74) is 7.10. The highest BCUT2D eigenvalue weighted by atomic mass is 16.5. The highest BCUT2D eigenvalue weighted by Gasteiger charge is 2.25. The number of ether oxygens (including phenoxy) is 1. The van der Waals surface area contributed by atoms with Crippen molar-refractivity contribution in [1.29, 1.82) is 0 Å². The number of aromatic nitrogens is 6. The summed E-state index contributed by atoms with van der Waals surface area (Å²) < 4.78 is 9.97. The number of nitrogens with zero attached hydrogens (tertiary/aromatic N) is 4. The van der Waals surface area contributed by atoms with E-state index in [2.05, 4.69) is 57.6 Å². The van der Waals surface area contributed by atoms with Crippen molar-refractivity contribution in [3.05, 3.63) is 89.1 Å². The van der Waals surface area contributed by atoms with E-state index in [-0.39, 0.29) is 5.91 Å². The van der Waals surface area contributed by atoms with Gasteiger partial charge in [0.05, 0.1) is 5.69 Å². The standard InChI is InChI=1S/C33H41N7O2/c1-5-6-7-8-13-30(42-29-19-14-23(2)22-24(29)3)33(41)36-27-17-15-26(16-18-27)11-9-12-28-31(39-21-10-20-34-39)32-35-25(4)37-40(32)38-28/h10,14-22,30H,5-9,11-13H2,1-4H3,(H2,35,36,37,38,41)/p+1. The minimum absolute atomic E-state index is 0.103. The average Bonchev–Trinajstić information content (AvgIpc) is 3.69. The number of hydrogen-bond donors (Lipinski definition) is 3. The van der Waals surface area contributed by atoms with Gasteiger partial charge in [-0.3, -0.25) is 4.79 Å². The number of nitrogens with one attached hydrogen (secondary N) is 3. The molecule has 0 radical (unpaired) electrons. The van der Waals surface area contributed by atoms with Gasteiger partial charge in [0.2, 0.25) is 0 Å². The predicted molar refractivity (Wildman–Crippen MR) is 164 cm³/mol. The highest BCUT2D eigenvalue weighted by molar-refractivity contribution is 5.94. The number of benzene rings is 2. The van der Waals surface area contributed by atoms with Gasteiger partial charge in [-0.2, -0.15) is 10.2 Å². The summed E-state index contributed by atoms with van der Waals surface area (Å²) in [6.45, 7) is 8.21. The summed E-state index contributed by atoms with van der Waals surface area (Å²) in [6, 6.07) is 16.1. The van der Waals surface area contributed by atoms with Crippen molar-refractivity contribution in [3.63, 3.8) is 0 Å². The van der Waals surface area contributed by atoms with Crippen LogP contribution >= 0.6 is 0 Å². The average molecular weight is 569 g/mol. The first-order chi connectivity index (χ1) is 20.4. The number of aryl methyl sites for hydroxylation is 5. The third kappa shape index (κ3) is 7.08. The number of carbonyl (C=O) groups excluding carboxylic acids is 1. The van der Waals surface area contributed by atoms with Crippen molar-refractivity contribution in [2.24, 2.45) is 0 Å². The number of fused-ring (bicyclic) bond motifs is 1. The van der Waals surface area contributed by atoms with Crippen molar-refractivity contribution >= 4 is 17.2 Å². The molecule has 9 nitrogen and oxygen atoms in total. The molecule has 1 atom stereocenters. The fourth-order valence-corrected chi connectivity index (χ4v) is 5.36. The van der Waals surface area contributed by atoms with Gasteiger partial charge >= 0.3 is 5.65 Å². The van der Waals surface area contributed by atoms with E-state index in [0.717, 1.165) is 78.4 Å². The van der Waals surface area contributed by atoms with Crippen molar-refractivity contribution in [2.75, 3.05) is 5.32 Å². The van der Waals surface area contributed by atoms with Gasteiger partial charge in [-0.05, 0) is 91.0 Å². The fraction of sp³-hybridized carbons (Fsp3) is 0.394. The van der Waals surface area contributed by atoms with Crippen molar-refractivity contribution in [2.45, 2.75) is 85.2 Å². The fourth-order valence-electron chi connectivity index (χ4n) is 5.36. The van der Waals surface area contributed by atoms with Gasteiger partial charge in [0.1, 0.15) is 5.75 Å². The molecule has 0 saturated heterocycles. The zero-order valence-electron chi connectivity index (χ0n) is 25.1. The van der Waals surface area contributed by atoms with E-state index in [4.69, 9.17) is 4.74 Å². The largest absolute Gasteiger partial charge is 0.480 e. The highest BCUT2D eigenvalue weighted by Crippen LogP contribution is 2.23. The van der Waals surface area contributed by atoms with E-state index >= 15 is 0 Å². The molecule has 3 aromatic heterocycles. The lowest BCUT2D eigenvalue weighted by molar-refractivity contribution is -0.638. The van der Waals surface area contributed by atoms with Crippen LogP contribution in [0.15, 0.2) is 60.9 Å². The second kappa shape index (κ2) is 13.5. The van der Waals surface area contributed by atoms with Crippen molar-refractivity contribution < 1.29 is 14.2 Å². The first-order valence-electron chi connectivity index (χ1n) is 15.0. The number of rotatable bonds is 14. The molecule has 0 fully saturated rings. The van der Waals surface area contributed by atoms with Crippen LogP contribution in [0.5, 0.6) is 5.75 Å². The first kappa shape index (κ1) is 29.1. The Hall–Kier alpha value is -4.40. The Kier molecular flexibility index (Phi) is 9.36. The van der Waals surface area contributed by atoms with Gasteiger partial charge in [0.15, 0.2) is 11.8 Å². The lowest BCUT2D eigenvalue weighted by Gasteiger charge is -2.20. The molecule has 2 aromatic carbocycles. The molecule has 0 saturated carbocycles. The smallest absolute Gasteiger partial charge is 0.395 e. The van der Waals surface area contributed by atoms with Crippen LogP contribution < -0.4 is 14.7 Å². The minimum Gasteiger partial charge on any atom is -0.480 e. The van der Waals surface area contributed by atoms with Crippen molar-refractivity contribution in [3.8, 4) is 11.4 Å². The topological polar surface area (TPSA) is 105 Å². The number of carbonyl (C=O) groups is 1. The number of hydrogen-bond acceptors (Lipinski definition) is 4. The second-order valence-corrected chi connectivity index (χ2v) is 11.1. The molecule has 0 aliphatic heterocycles. The number of amides is 1. The molecular weight excluding hydrogens is 526 g/mol. The molecule has 0 bridgehead atoms. The van der Waals surface area contributed by atoms with E-state index in [1.807, 2.05) is 59.7 Å². The zero-order valence-corrected chi connectivity index (χ0v) is 25.1. The van der Waals surface area contributed by atoms with Crippen LogP contribution in [0, 0.1) is 20.8 Å². The maximum absolute atomic E-state index is 13.3. The normalized spacial score (nSPS) is 12.1. The molecule has 42 heavy (non-hydrogen) atoms. The number of H-pyrrole nitrogens is 2. The van der Waals surface area contributed by atoms with E-state index in [1.54, 1.807) is 6.20 Å². The van der Waals surface area contributed by atoms with Gasteiger partial charge in [-0.1, -0.05) is 56.0 Å². The van der Waals surface area contributed by atoms with Gasteiger partial charge in [-0.25, -0.2) is 9.78 Å². The van der Waals surface area contributed by atoms with Gasteiger partial charge < -0.3 is 10.1 Å². The Morgan fingerprint density at radius 1 is 1.02 bits per heavy atom. The molecule has 5 aromatic rings. The molecule has 9 heteroatoms. The Balaban J connectivity index is 1.19. The SMILES string of the molecule is CCCCCCC(Oc1ccc(C)cc1C)C(=O)Nc1ccc(CCCc2[nH][n+]3[nH]c(C)nc3c2-n2cccn2)cc1. The van der Waals surface area contributed by atoms with Crippen LogP contribution in [0.2, 0.25) is 0 Å². The number of anilines is 1.